The van der Waals surface area contributed by atoms with E-state index in [9.17, 15) is 0 Å². The van der Waals surface area contributed by atoms with E-state index in [0.717, 1.165) is 45.6 Å². The monoisotopic (exact) mass is 342 g/mol. The van der Waals surface area contributed by atoms with Crippen LogP contribution in [0.3, 0.4) is 0 Å². The van der Waals surface area contributed by atoms with E-state index in [4.69, 9.17) is 0 Å². The number of allylic oxidation sites excluding steroid dienone is 2. The Bertz CT molecular complexity index is 1000. The van der Waals surface area contributed by atoms with Crippen molar-refractivity contribution in [2.24, 2.45) is 0 Å². The molecule has 4 heterocycles. The molecule has 1 aliphatic rings. The minimum atomic E-state index is 0.751. The van der Waals surface area contributed by atoms with Gasteiger partial charge in [-0.25, -0.2) is 0 Å². The fraction of sp³-hybridized carbons (Fsp3) is 0.100. The van der Waals surface area contributed by atoms with E-state index in [1.54, 1.807) is 0 Å². The van der Waals surface area contributed by atoms with Gasteiger partial charge in [0.2, 0.25) is 0 Å². The molecule has 0 radical (unpaired) electrons. The summed E-state index contributed by atoms with van der Waals surface area (Å²) in [6.07, 6.45) is 3.94. The Morgan fingerprint density at radius 1 is 0.577 bits per heavy atom. The van der Waals surface area contributed by atoms with Gasteiger partial charge in [-0.05, 0) is 62.4 Å². The van der Waals surface area contributed by atoms with E-state index >= 15 is 0 Å². The first kappa shape index (κ1) is 16.0. The molecule has 0 spiro atoms. The molecule has 0 atom stereocenters. The third-order valence-electron chi connectivity index (χ3n) is 4.00. The van der Waals surface area contributed by atoms with Crippen molar-refractivity contribution in [3.63, 3.8) is 0 Å². The molecular formula is C20H18N6. The summed E-state index contributed by atoms with van der Waals surface area (Å²) in [5.74, 6) is 0. The average molecular weight is 342 g/mol. The lowest BCUT2D eigenvalue weighted by Crippen LogP contribution is -2.31. The SMILES string of the molecule is Cc1cccc(C2=CC=C(c3ccc(-c4cccc(C)n4)nn3)NN2)n1. The number of aryl methyl sites for hydroxylation is 2. The maximum absolute atomic E-state index is 4.51. The molecule has 1 aliphatic heterocycles. The van der Waals surface area contributed by atoms with E-state index < -0.39 is 0 Å². The van der Waals surface area contributed by atoms with Crippen molar-refractivity contribution in [1.82, 2.24) is 31.0 Å². The first-order valence-electron chi connectivity index (χ1n) is 8.35. The molecule has 6 nitrogen and oxygen atoms in total. The molecule has 3 aromatic heterocycles. The second-order valence-electron chi connectivity index (χ2n) is 6.04. The van der Waals surface area contributed by atoms with E-state index in [1.807, 2.05) is 74.5 Å². The van der Waals surface area contributed by atoms with Crippen LogP contribution in [0, 0.1) is 13.8 Å². The lowest BCUT2D eigenvalue weighted by atomic mass is 10.2. The Balaban J connectivity index is 1.57. The number of hydrogen-bond acceptors (Lipinski definition) is 6. The van der Waals surface area contributed by atoms with Crippen LogP contribution >= 0.6 is 0 Å². The number of pyridine rings is 2. The van der Waals surface area contributed by atoms with Gasteiger partial charge < -0.3 is 0 Å². The minimum absolute atomic E-state index is 0.751. The third-order valence-corrected chi connectivity index (χ3v) is 4.00. The van der Waals surface area contributed by atoms with Crippen molar-refractivity contribution in [3.05, 3.63) is 83.5 Å². The predicted octanol–water partition coefficient (Wildman–Crippen LogP) is 3.04. The molecule has 0 amide bonds. The van der Waals surface area contributed by atoms with Gasteiger partial charge in [-0.15, -0.1) is 10.2 Å². The van der Waals surface area contributed by atoms with Crippen LogP contribution in [0.1, 0.15) is 22.8 Å². The Morgan fingerprint density at radius 2 is 1.12 bits per heavy atom. The van der Waals surface area contributed by atoms with E-state index in [-0.39, 0.29) is 0 Å². The molecule has 0 saturated heterocycles. The lowest BCUT2D eigenvalue weighted by Gasteiger charge is -2.18. The minimum Gasteiger partial charge on any atom is -0.299 e. The second-order valence-corrected chi connectivity index (χ2v) is 6.04. The molecule has 6 heteroatoms. The average Bonchev–Trinajstić information content (AvgIpc) is 2.68. The first-order valence-corrected chi connectivity index (χ1v) is 8.35. The number of aromatic nitrogens is 4. The molecule has 0 fully saturated rings. The normalized spacial score (nSPS) is 13.3. The van der Waals surface area contributed by atoms with Crippen LogP contribution in [-0.2, 0) is 0 Å². The topological polar surface area (TPSA) is 75.6 Å². The van der Waals surface area contributed by atoms with Crippen molar-refractivity contribution in [1.29, 1.82) is 0 Å². The standard InChI is InChI=1S/C20H18N6/c1-13-5-3-7-15(21-13)17-9-11-19(25-23-17)20-12-10-18(24-26-20)16-8-4-6-14(2)22-16/h3-12,23,25H,1-2H3. The lowest BCUT2D eigenvalue weighted by molar-refractivity contribution is 0.792. The van der Waals surface area contributed by atoms with Gasteiger partial charge >= 0.3 is 0 Å². The van der Waals surface area contributed by atoms with Gasteiger partial charge in [0.05, 0.1) is 22.8 Å². The Morgan fingerprint density at radius 3 is 1.69 bits per heavy atom. The summed E-state index contributed by atoms with van der Waals surface area (Å²) in [6.45, 7) is 3.93. The second kappa shape index (κ2) is 6.76. The van der Waals surface area contributed by atoms with Crippen LogP contribution in [0.15, 0.2) is 60.7 Å². The molecule has 4 rings (SSSR count). The smallest absolute Gasteiger partial charge is 0.111 e. The van der Waals surface area contributed by atoms with Crippen LogP contribution < -0.4 is 10.9 Å². The number of hydrogen-bond donors (Lipinski definition) is 2. The Kier molecular flexibility index (Phi) is 4.15. The quantitative estimate of drug-likeness (QED) is 0.762. The molecule has 26 heavy (non-hydrogen) atoms. The molecule has 128 valence electrons. The van der Waals surface area contributed by atoms with Gasteiger partial charge in [-0.2, -0.15) is 0 Å². The summed E-state index contributed by atoms with van der Waals surface area (Å²) in [6, 6.07) is 15.6. The summed E-state index contributed by atoms with van der Waals surface area (Å²) in [7, 11) is 0. The molecule has 3 aromatic rings. The number of hydrazine groups is 1. The van der Waals surface area contributed by atoms with Gasteiger partial charge in [0.15, 0.2) is 0 Å². The number of nitrogens with one attached hydrogen (secondary N) is 2. The number of nitrogens with zero attached hydrogens (tertiary/aromatic N) is 4. The zero-order chi connectivity index (χ0) is 17.9. The summed E-state index contributed by atoms with van der Waals surface area (Å²) in [5.41, 5.74) is 13.2. The highest BCUT2D eigenvalue weighted by Gasteiger charge is 2.11. The molecule has 0 aromatic carbocycles. The highest BCUT2D eigenvalue weighted by molar-refractivity contribution is 5.73. The molecule has 2 N–H and O–H groups in total. The van der Waals surface area contributed by atoms with Crippen LogP contribution in [-0.4, -0.2) is 20.2 Å². The summed E-state index contributed by atoms with van der Waals surface area (Å²) >= 11 is 0. The van der Waals surface area contributed by atoms with E-state index in [0.29, 0.717) is 0 Å². The van der Waals surface area contributed by atoms with Crippen molar-refractivity contribution >= 4 is 11.4 Å². The number of rotatable bonds is 3. The summed E-state index contributed by atoms with van der Waals surface area (Å²) in [4.78, 5) is 8.99. The van der Waals surface area contributed by atoms with Crippen molar-refractivity contribution in [2.45, 2.75) is 13.8 Å². The molecule has 0 unspecified atom stereocenters. The van der Waals surface area contributed by atoms with Crippen molar-refractivity contribution < 1.29 is 0 Å². The highest BCUT2D eigenvalue weighted by atomic mass is 15.4. The van der Waals surface area contributed by atoms with Gasteiger partial charge in [-0.1, -0.05) is 12.1 Å². The van der Waals surface area contributed by atoms with Crippen molar-refractivity contribution in [2.75, 3.05) is 0 Å². The molecule has 0 aliphatic carbocycles. The predicted molar refractivity (Wildman–Crippen MR) is 101 cm³/mol. The van der Waals surface area contributed by atoms with Crippen LogP contribution in [0.5, 0.6) is 0 Å². The Hall–Kier alpha value is -3.54. The molecule has 0 saturated carbocycles. The van der Waals surface area contributed by atoms with Gasteiger partial charge in [0.1, 0.15) is 11.4 Å². The maximum Gasteiger partial charge on any atom is 0.111 e. The fourth-order valence-corrected chi connectivity index (χ4v) is 2.67. The van der Waals surface area contributed by atoms with Crippen LogP contribution in [0.4, 0.5) is 0 Å². The van der Waals surface area contributed by atoms with Gasteiger partial charge in [-0.3, -0.25) is 20.8 Å². The van der Waals surface area contributed by atoms with Crippen LogP contribution in [0.25, 0.3) is 22.8 Å². The van der Waals surface area contributed by atoms with E-state index in [2.05, 4.69) is 31.0 Å². The zero-order valence-electron chi connectivity index (χ0n) is 14.6. The summed E-state index contributed by atoms with van der Waals surface area (Å²) in [5, 5.41) is 8.61. The van der Waals surface area contributed by atoms with Gasteiger partial charge in [0.25, 0.3) is 0 Å². The molecular weight excluding hydrogens is 324 g/mol. The zero-order valence-corrected chi connectivity index (χ0v) is 14.6. The first-order chi connectivity index (χ1) is 12.7. The van der Waals surface area contributed by atoms with Gasteiger partial charge in [0, 0.05) is 11.4 Å². The third kappa shape index (κ3) is 3.30. The molecule has 0 bridgehead atoms. The largest absolute Gasteiger partial charge is 0.299 e. The fourth-order valence-electron chi connectivity index (χ4n) is 2.67. The van der Waals surface area contributed by atoms with E-state index in [1.165, 1.54) is 0 Å². The Labute approximate surface area is 151 Å². The summed E-state index contributed by atoms with van der Waals surface area (Å²) < 4.78 is 0. The van der Waals surface area contributed by atoms with Crippen LogP contribution in [0.2, 0.25) is 0 Å². The maximum atomic E-state index is 4.51. The highest BCUT2D eigenvalue weighted by Crippen LogP contribution is 2.19. The van der Waals surface area contributed by atoms with Crippen molar-refractivity contribution in [3.8, 4) is 11.4 Å².